The fraction of sp³-hybridized carbons (Fsp3) is 0.267. The third-order valence-corrected chi connectivity index (χ3v) is 3.59. The van der Waals surface area contributed by atoms with E-state index < -0.39 is 0 Å². The summed E-state index contributed by atoms with van der Waals surface area (Å²) in [5, 5.41) is 4.26. The number of esters is 1. The van der Waals surface area contributed by atoms with Gasteiger partial charge in [0.1, 0.15) is 0 Å². The molecule has 0 aliphatic heterocycles. The first-order valence-electron chi connectivity index (χ1n) is 6.06. The second-order valence-electron chi connectivity index (χ2n) is 4.49. The average Bonchev–Trinajstić information content (AvgIpc) is 2.91. The van der Waals surface area contributed by atoms with Gasteiger partial charge in [-0.15, -0.1) is 0 Å². The fourth-order valence-electron chi connectivity index (χ4n) is 1.93. The number of carbonyl (C=O) groups is 1. The largest absolute Gasteiger partial charge is 0.465 e. The fourth-order valence-corrected chi connectivity index (χ4v) is 2.59. The second-order valence-corrected chi connectivity index (χ2v) is 5.27. The van der Waals surface area contributed by atoms with Crippen molar-refractivity contribution in [2.24, 2.45) is 0 Å². The lowest BCUT2D eigenvalue weighted by atomic mass is 10.1. The molecule has 0 bridgehead atoms. The molecular formula is C15H17NO2S. The highest BCUT2D eigenvalue weighted by atomic mass is 32.1. The monoisotopic (exact) mass is 275 g/mol. The van der Waals surface area contributed by atoms with Crippen molar-refractivity contribution in [3.05, 3.63) is 57.8 Å². The van der Waals surface area contributed by atoms with Gasteiger partial charge in [-0.1, -0.05) is 12.1 Å². The molecule has 0 unspecified atom stereocenters. The molecule has 0 saturated heterocycles. The molecular weight excluding hydrogens is 258 g/mol. The van der Waals surface area contributed by atoms with E-state index >= 15 is 0 Å². The van der Waals surface area contributed by atoms with E-state index in [9.17, 15) is 4.79 Å². The predicted molar refractivity (Wildman–Crippen MR) is 77.3 cm³/mol. The highest BCUT2D eigenvalue weighted by Crippen LogP contribution is 2.12. The molecule has 0 fully saturated rings. The Labute approximate surface area is 117 Å². The summed E-state index contributed by atoms with van der Waals surface area (Å²) >= 11 is 1.72. The Kier molecular flexibility index (Phi) is 4.71. The quantitative estimate of drug-likeness (QED) is 0.785. The molecule has 0 saturated carbocycles. The zero-order valence-electron chi connectivity index (χ0n) is 11.1. The molecule has 0 amide bonds. The molecule has 1 aromatic heterocycles. The Hall–Kier alpha value is -1.65. The van der Waals surface area contributed by atoms with Gasteiger partial charge in [0.05, 0.1) is 12.7 Å². The topological polar surface area (TPSA) is 29.5 Å². The normalized spacial score (nSPS) is 10.7. The van der Waals surface area contributed by atoms with Crippen LogP contribution < -0.4 is 0 Å². The lowest BCUT2D eigenvalue weighted by Crippen LogP contribution is -2.16. The highest BCUT2D eigenvalue weighted by molar-refractivity contribution is 7.07. The van der Waals surface area contributed by atoms with Gasteiger partial charge in [0.15, 0.2) is 0 Å². The van der Waals surface area contributed by atoms with E-state index in [0.717, 1.165) is 13.1 Å². The SMILES string of the molecule is COC(=O)c1ccc(CN(C)Cc2ccsc2)cc1. The third kappa shape index (κ3) is 3.91. The van der Waals surface area contributed by atoms with E-state index in [-0.39, 0.29) is 5.97 Å². The first-order valence-corrected chi connectivity index (χ1v) is 7.00. The van der Waals surface area contributed by atoms with Gasteiger partial charge in [-0.2, -0.15) is 11.3 Å². The maximum absolute atomic E-state index is 11.3. The van der Waals surface area contributed by atoms with Gasteiger partial charge in [0, 0.05) is 13.1 Å². The molecule has 100 valence electrons. The minimum atomic E-state index is -0.293. The second kappa shape index (κ2) is 6.50. The number of nitrogens with zero attached hydrogens (tertiary/aromatic N) is 1. The summed E-state index contributed by atoms with van der Waals surface area (Å²) in [7, 11) is 3.48. The maximum atomic E-state index is 11.3. The number of hydrogen-bond donors (Lipinski definition) is 0. The summed E-state index contributed by atoms with van der Waals surface area (Å²) in [6, 6.07) is 9.69. The van der Waals surface area contributed by atoms with E-state index in [0.29, 0.717) is 5.56 Å². The van der Waals surface area contributed by atoms with Crippen LogP contribution in [-0.4, -0.2) is 25.0 Å². The molecule has 0 aliphatic carbocycles. The molecule has 19 heavy (non-hydrogen) atoms. The molecule has 2 aromatic rings. The molecule has 0 spiro atoms. The zero-order valence-corrected chi connectivity index (χ0v) is 11.9. The van der Waals surface area contributed by atoms with Crippen molar-refractivity contribution >= 4 is 17.3 Å². The van der Waals surface area contributed by atoms with Crippen molar-refractivity contribution in [2.75, 3.05) is 14.2 Å². The maximum Gasteiger partial charge on any atom is 0.337 e. The molecule has 1 heterocycles. The number of ether oxygens (including phenoxy) is 1. The van der Waals surface area contributed by atoms with Crippen molar-refractivity contribution in [2.45, 2.75) is 13.1 Å². The van der Waals surface area contributed by atoms with Crippen LogP contribution in [0.15, 0.2) is 41.1 Å². The van der Waals surface area contributed by atoms with Gasteiger partial charge in [0.25, 0.3) is 0 Å². The third-order valence-electron chi connectivity index (χ3n) is 2.86. The Morgan fingerprint density at radius 3 is 2.42 bits per heavy atom. The molecule has 0 N–H and O–H groups in total. The van der Waals surface area contributed by atoms with Crippen LogP contribution in [-0.2, 0) is 17.8 Å². The van der Waals surface area contributed by atoms with Crippen LogP contribution in [0.3, 0.4) is 0 Å². The number of benzene rings is 1. The number of methoxy groups -OCH3 is 1. The summed E-state index contributed by atoms with van der Waals surface area (Å²) in [5.41, 5.74) is 3.11. The zero-order chi connectivity index (χ0) is 13.7. The lowest BCUT2D eigenvalue weighted by molar-refractivity contribution is 0.0600. The van der Waals surface area contributed by atoms with Gasteiger partial charge >= 0.3 is 5.97 Å². The molecule has 1 aromatic carbocycles. The lowest BCUT2D eigenvalue weighted by Gasteiger charge is -2.16. The molecule has 2 rings (SSSR count). The van der Waals surface area contributed by atoms with Crippen LogP contribution in [0.5, 0.6) is 0 Å². The summed E-state index contributed by atoms with van der Waals surface area (Å²) < 4.78 is 4.68. The van der Waals surface area contributed by atoms with E-state index in [2.05, 4.69) is 33.5 Å². The molecule has 0 aliphatic rings. The smallest absolute Gasteiger partial charge is 0.337 e. The average molecular weight is 275 g/mol. The molecule has 3 nitrogen and oxygen atoms in total. The number of thiophene rings is 1. The molecule has 0 atom stereocenters. The van der Waals surface area contributed by atoms with Crippen molar-refractivity contribution in [3.63, 3.8) is 0 Å². The standard InChI is InChI=1S/C15H17NO2S/c1-16(10-13-7-8-19-11-13)9-12-3-5-14(6-4-12)15(17)18-2/h3-8,11H,9-10H2,1-2H3. The van der Waals surface area contributed by atoms with E-state index in [1.807, 2.05) is 12.1 Å². The van der Waals surface area contributed by atoms with Crippen LogP contribution in [0.2, 0.25) is 0 Å². The van der Waals surface area contributed by atoms with Crippen LogP contribution in [0, 0.1) is 0 Å². The minimum absolute atomic E-state index is 0.293. The van der Waals surface area contributed by atoms with Crippen LogP contribution in [0.4, 0.5) is 0 Å². The van der Waals surface area contributed by atoms with Crippen molar-refractivity contribution in [3.8, 4) is 0 Å². The van der Waals surface area contributed by atoms with Crippen LogP contribution in [0.1, 0.15) is 21.5 Å². The van der Waals surface area contributed by atoms with Crippen molar-refractivity contribution in [1.29, 1.82) is 0 Å². The molecule has 0 radical (unpaired) electrons. The Morgan fingerprint density at radius 2 is 1.84 bits per heavy atom. The van der Waals surface area contributed by atoms with Gasteiger partial charge in [-0.3, -0.25) is 4.90 Å². The first kappa shape index (κ1) is 13.8. The number of carbonyl (C=O) groups excluding carboxylic acids is 1. The summed E-state index contributed by atoms with van der Waals surface area (Å²) in [4.78, 5) is 13.6. The first-order chi connectivity index (χ1) is 9.19. The Balaban J connectivity index is 1.93. The summed E-state index contributed by atoms with van der Waals surface area (Å²) in [6.45, 7) is 1.79. The Bertz CT molecular complexity index is 520. The molecule has 4 heteroatoms. The van der Waals surface area contributed by atoms with Gasteiger partial charge in [-0.05, 0) is 47.1 Å². The van der Waals surface area contributed by atoms with Gasteiger partial charge < -0.3 is 4.74 Å². The number of rotatable bonds is 5. The van der Waals surface area contributed by atoms with Crippen molar-refractivity contribution < 1.29 is 9.53 Å². The van der Waals surface area contributed by atoms with Crippen LogP contribution in [0.25, 0.3) is 0 Å². The van der Waals surface area contributed by atoms with Gasteiger partial charge in [0.2, 0.25) is 0 Å². The van der Waals surface area contributed by atoms with Crippen molar-refractivity contribution in [1.82, 2.24) is 4.90 Å². The van der Waals surface area contributed by atoms with Gasteiger partial charge in [-0.25, -0.2) is 4.79 Å². The highest BCUT2D eigenvalue weighted by Gasteiger charge is 2.06. The summed E-state index contributed by atoms with van der Waals surface area (Å²) in [6.07, 6.45) is 0. The number of hydrogen-bond acceptors (Lipinski definition) is 4. The van der Waals surface area contributed by atoms with Crippen LogP contribution >= 0.6 is 11.3 Å². The Morgan fingerprint density at radius 1 is 1.16 bits per heavy atom. The van der Waals surface area contributed by atoms with E-state index in [1.54, 1.807) is 23.5 Å². The van der Waals surface area contributed by atoms with E-state index in [4.69, 9.17) is 0 Å². The predicted octanol–water partition coefficient (Wildman–Crippen LogP) is 3.17. The summed E-state index contributed by atoms with van der Waals surface area (Å²) in [5.74, 6) is -0.293. The minimum Gasteiger partial charge on any atom is -0.465 e. The van der Waals surface area contributed by atoms with E-state index in [1.165, 1.54) is 18.2 Å².